The Bertz CT molecular complexity index is 241. The topological polar surface area (TPSA) is 132 Å². The van der Waals surface area contributed by atoms with Crippen molar-refractivity contribution in [2.45, 2.75) is 12.8 Å². The van der Waals surface area contributed by atoms with E-state index in [0.29, 0.717) is 0 Å². The van der Waals surface area contributed by atoms with Crippen molar-refractivity contribution in [3.05, 3.63) is 0 Å². The molecule has 0 aliphatic carbocycles. The molecule has 0 spiro atoms. The lowest BCUT2D eigenvalue weighted by molar-refractivity contribution is -0.163. The summed E-state index contributed by atoms with van der Waals surface area (Å²) in [6.45, 7) is -1.03. The number of carbonyl (C=O) groups is 3. The number of aliphatic hydroxyl groups is 1. The molecule has 0 aliphatic rings. The average Bonchev–Trinajstić information content (AvgIpc) is 2.00. The highest BCUT2D eigenvalue weighted by Gasteiger charge is 2.42. The Hall–Kier alpha value is -1.63. The molecule has 0 aromatic rings. The first kappa shape index (κ1) is 12.4. The summed E-state index contributed by atoms with van der Waals surface area (Å²) < 4.78 is 0. The van der Waals surface area contributed by atoms with E-state index in [1.807, 2.05) is 0 Å². The van der Waals surface area contributed by atoms with Crippen LogP contribution in [0.25, 0.3) is 0 Å². The largest absolute Gasteiger partial charge is 0.481 e. The number of rotatable bonds is 6. The predicted octanol–water partition coefficient (Wildman–Crippen LogP) is -1.00. The summed E-state index contributed by atoms with van der Waals surface area (Å²) in [4.78, 5) is 31.2. The minimum absolute atomic E-state index is 0.925. The first-order chi connectivity index (χ1) is 6.34. The standard InChI is InChI=1S/C7H10O7/c8-3-7(6(13)14,1-4(9)10)2-5(11)12/h8H,1-3H2,(H,9,10)(H,11,12)(H,13,14). The molecule has 80 valence electrons. The van der Waals surface area contributed by atoms with Gasteiger partial charge >= 0.3 is 17.9 Å². The highest BCUT2D eigenvalue weighted by atomic mass is 16.4. The van der Waals surface area contributed by atoms with Crippen LogP contribution in [-0.2, 0) is 14.4 Å². The predicted molar refractivity (Wildman–Crippen MR) is 41.7 cm³/mol. The van der Waals surface area contributed by atoms with Crippen molar-refractivity contribution in [3.63, 3.8) is 0 Å². The van der Waals surface area contributed by atoms with Gasteiger partial charge in [-0.2, -0.15) is 0 Å². The summed E-state index contributed by atoms with van der Waals surface area (Å²) in [7, 11) is 0. The van der Waals surface area contributed by atoms with Crippen molar-refractivity contribution < 1.29 is 34.8 Å². The van der Waals surface area contributed by atoms with E-state index in [1.54, 1.807) is 0 Å². The Balaban J connectivity index is 4.87. The van der Waals surface area contributed by atoms with Crippen molar-refractivity contribution in [1.82, 2.24) is 0 Å². The second kappa shape index (κ2) is 4.56. The quantitative estimate of drug-likeness (QED) is 0.438. The molecule has 0 unspecified atom stereocenters. The summed E-state index contributed by atoms with van der Waals surface area (Å²) in [5, 5.41) is 34.1. The molecule has 0 saturated carbocycles. The van der Waals surface area contributed by atoms with Gasteiger partial charge < -0.3 is 20.4 Å². The zero-order chi connectivity index (χ0) is 11.4. The van der Waals surface area contributed by atoms with Crippen LogP contribution in [0.2, 0.25) is 0 Å². The molecule has 0 bridgehead atoms. The molecule has 0 amide bonds. The van der Waals surface area contributed by atoms with Gasteiger partial charge in [-0.1, -0.05) is 0 Å². The van der Waals surface area contributed by atoms with Gasteiger partial charge in [0, 0.05) is 0 Å². The number of carboxylic acids is 3. The second-order valence-electron chi connectivity index (χ2n) is 2.88. The van der Waals surface area contributed by atoms with Crippen LogP contribution in [0.3, 0.4) is 0 Å². The van der Waals surface area contributed by atoms with Gasteiger partial charge in [0.1, 0.15) is 5.41 Å². The minimum atomic E-state index is -2.14. The van der Waals surface area contributed by atoms with Crippen molar-refractivity contribution in [3.8, 4) is 0 Å². The second-order valence-corrected chi connectivity index (χ2v) is 2.88. The van der Waals surface area contributed by atoms with Crippen LogP contribution in [0.4, 0.5) is 0 Å². The lowest BCUT2D eigenvalue weighted by Gasteiger charge is -2.22. The summed E-state index contributed by atoms with van der Waals surface area (Å²) in [5.41, 5.74) is -2.14. The molecule has 7 heteroatoms. The van der Waals surface area contributed by atoms with E-state index in [4.69, 9.17) is 20.4 Å². The Morgan fingerprint density at radius 2 is 1.29 bits per heavy atom. The van der Waals surface area contributed by atoms with Gasteiger partial charge in [-0.3, -0.25) is 14.4 Å². The normalized spacial score (nSPS) is 10.9. The van der Waals surface area contributed by atoms with Gasteiger partial charge in [0.25, 0.3) is 0 Å². The fourth-order valence-corrected chi connectivity index (χ4v) is 0.972. The molecule has 0 fully saturated rings. The van der Waals surface area contributed by atoms with Gasteiger partial charge in [0.15, 0.2) is 0 Å². The molecule has 0 radical (unpaired) electrons. The highest BCUT2D eigenvalue weighted by Crippen LogP contribution is 2.26. The van der Waals surface area contributed by atoms with Crippen LogP contribution in [-0.4, -0.2) is 44.9 Å². The summed E-state index contributed by atoms with van der Waals surface area (Å²) >= 11 is 0. The molecule has 0 saturated heterocycles. The first-order valence-corrected chi connectivity index (χ1v) is 3.62. The molecule has 0 rings (SSSR count). The van der Waals surface area contributed by atoms with Gasteiger partial charge in [-0.15, -0.1) is 0 Å². The molecule has 7 nitrogen and oxygen atoms in total. The number of aliphatic hydroxyl groups excluding tert-OH is 1. The summed E-state index contributed by atoms with van der Waals surface area (Å²) in [6.07, 6.45) is -1.85. The molecule has 4 N–H and O–H groups in total. The number of hydrogen-bond donors (Lipinski definition) is 4. The van der Waals surface area contributed by atoms with E-state index < -0.39 is 42.8 Å². The lowest BCUT2D eigenvalue weighted by atomic mass is 9.82. The molecular weight excluding hydrogens is 196 g/mol. The maximum Gasteiger partial charge on any atom is 0.313 e. The fraction of sp³-hybridized carbons (Fsp3) is 0.571. The van der Waals surface area contributed by atoms with Crippen molar-refractivity contribution >= 4 is 17.9 Å². The monoisotopic (exact) mass is 206 g/mol. The van der Waals surface area contributed by atoms with E-state index in [1.165, 1.54) is 0 Å². The zero-order valence-electron chi connectivity index (χ0n) is 7.13. The van der Waals surface area contributed by atoms with E-state index in [2.05, 4.69) is 0 Å². The van der Waals surface area contributed by atoms with Crippen LogP contribution in [0.1, 0.15) is 12.8 Å². The van der Waals surface area contributed by atoms with E-state index >= 15 is 0 Å². The van der Waals surface area contributed by atoms with Crippen LogP contribution >= 0.6 is 0 Å². The molecule has 0 heterocycles. The maximum atomic E-state index is 10.6. The van der Waals surface area contributed by atoms with Gasteiger partial charge in [-0.05, 0) is 0 Å². The van der Waals surface area contributed by atoms with Gasteiger partial charge in [0.05, 0.1) is 19.4 Å². The number of carboxylic acid groups (broad SMARTS) is 3. The molecule has 0 aliphatic heterocycles. The third kappa shape index (κ3) is 3.02. The average molecular weight is 206 g/mol. The van der Waals surface area contributed by atoms with E-state index in [9.17, 15) is 14.4 Å². The van der Waals surface area contributed by atoms with Crippen LogP contribution < -0.4 is 0 Å². The minimum Gasteiger partial charge on any atom is -0.481 e. The molecular formula is C7H10O7. The Kier molecular flexibility index (Phi) is 4.03. The van der Waals surface area contributed by atoms with Crippen LogP contribution in [0.5, 0.6) is 0 Å². The van der Waals surface area contributed by atoms with Crippen LogP contribution in [0.15, 0.2) is 0 Å². The Morgan fingerprint density at radius 1 is 0.929 bits per heavy atom. The molecule has 14 heavy (non-hydrogen) atoms. The number of hydrogen-bond acceptors (Lipinski definition) is 4. The van der Waals surface area contributed by atoms with Crippen molar-refractivity contribution in [2.75, 3.05) is 6.61 Å². The smallest absolute Gasteiger partial charge is 0.313 e. The molecule has 0 aromatic heterocycles. The van der Waals surface area contributed by atoms with Gasteiger partial charge in [-0.25, -0.2) is 0 Å². The maximum absolute atomic E-state index is 10.6. The third-order valence-electron chi connectivity index (χ3n) is 1.74. The molecule has 0 atom stereocenters. The van der Waals surface area contributed by atoms with Crippen molar-refractivity contribution in [1.29, 1.82) is 0 Å². The third-order valence-corrected chi connectivity index (χ3v) is 1.74. The van der Waals surface area contributed by atoms with Gasteiger partial charge in [0.2, 0.25) is 0 Å². The zero-order valence-corrected chi connectivity index (χ0v) is 7.13. The summed E-state index contributed by atoms with van der Waals surface area (Å²) in [5.74, 6) is -4.57. The SMILES string of the molecule is O=C(O)CC(CO)(CC(=O)O)C(=O)O. The van der Waals surface area contributed by atoms with E-state index in [-0.39, 0.29) is 0 Å². The Labute approximate surface area is 78.6 Å². The molecule has 0 aromatic carbocycles. The fourth-order valence-electron chi connectivity index (χ4n) is 0.972. The Morgan fingerprint density at radius 3 is 1.43 bits per heavy atom. The van der Waals surface area contributed by atoms with E-state index in [0.717, 1.165) is 0 Å². The number of aliphatic carboxylic acids is 3. The van der Waals surface area contributed by atoms with Crippen LogP contribution in [0, 0.1) is 5.41 Å². The highest BCUT2D eigenvalue weighted by molar-refractivity contribution is 5.86. The first-order valence-electron chi connectivity index (χ1n) is 3.62. The van der Waals surface area contributed by atoms with Crippen molar-refractivity contribution in [2.24, 2.45) is 5.41 Å². The lowest BCUT2D eigenvalue weighted by Crippen LogP contribution is -2.39. The summed E-state index contributed by atoms with van der Waals surface area (Å²) in [6, 6.07) is 0.